The van der Waals surface area contributed by atoms with Crippen LogP contribution in [0.5, 0.6) is 0 Å². The van der Waals surface area contributed by atoms with E-state index in [1.165, 1.54) is 6.08 Å². The monoisotopic (exact) mass is 282 g/mol. The van der Waals surface area contributed by atoms with Gasteiger partial charge in [-0.05, 0) is 20.3 Å². The minimum atomic E-state index is -0.346. The van der Waals surface area contributed by atoms with Crippen LogP contribution >= 0.6 is 11.8 Å². The predicted molar refractivity (Wildman–Crippen MR) is 79.8 cm³/mol. The molecule has 1 N–H and O–H groups in total. The smallest absolute Gasteiger partial charge is 0.247 e. The fourth-order valence-corrected chi connectivity index (χ4v) is 2.83. The van der Waals surface area contributed by atoms with Crippen molar-refractivity contribution in [3.05, 3.63) is 24.3 Å². The molecule has 1 fully saturated rings. The first kappa shape index (κ1) is 15.8. The van der Waals surface area contributed by atoms with Crippen molar-refractivity contribution in [3.63, 3.8) is 0 Å². The van der Waals surface area contributed by atoms with Crippen LogP contribution in [0.15, 0.2) is 24.3 Å². The van der Waals surface area contributed by atoms with E-state index >= 15 is 0 Å². The van der Waals surface area contributed by atoms with Gasteiger partial charge in [0.05, 0.1) is 5.88 Å². The molecule has 2 unspecified atom stereocenters. The first-order valence-corrected chi connectivity index (χ1v) is 7.73. The molecule has 1 aliphatic rings. The van der Waals surface area contributed by atoms with Crippen molar-refractivity contribution in [1.82, 2.24) is 10.2 Å². The lowest BCUT2D eigenvalue weighted by atomic mass is 10.2. The van der Waals surface area contributed by atoms with E-state index in [4.69, 9.17) is 0 Å². The van der Waals surface area contributed by atoms with Crippen LogP contribution in [0.1, 0.15) is 27.2 Å². The Morgan fingerprint density at radius 2 is 2.21 bits per heavy atom. The number of hydrogen-bond donors (Lipinski definition) is 1. The number of carbonyl (C=O) groups is 2. The quantitative estimate of drug-likeness (QED) is 0.619. The maximum Gasteiger partial charge on any atom is 0.247 e. The van der Waals surface area contributed by atoms with E-state index in [-0.39, 0.29) is 23.9 Å². The van der Waals surface area contributed by atoms with Crippen LogP contribution in [-0.4, -0.2) is 40.4 Å². The van der Waals surface area contributed by atoms with Gasteiger partial charge < -0.3 is 10.2 Å². The molecule has 2 amide bonds. The molecule has 0 aromatic heterocycles. The van der Waals surface area contributed by atoms with Crippen molar-refractivity contribution in [3.8, 4) is 0 Å². The standard InChI is InChI=1S/C14H22N2O2S/c1-4-6-7-8-13(17)16-10-19-9-12(16)14(18)15-11(3)5-2/h4,6-8,11-12H,5,9-10H2,1-3H3,(H,15,18)/b6-4+,8-7+. The number of nitrogens with one attached hydrogen (secondary N) is 1. The lowest BCUT2D eigenvalue weighted by Gasteiger charge is -2.23. The SMILES string of the molecule is C/C=C/C=C/C(=O)N1CSCC1C(=O)NC(C)CC. The molecule has 0 aromatic carbocycles. The predicted octanol–water partition coefficient (Wildman–Crippen LogP) is 1.93. The van der Waals surface area contributed by atoms with Crippen LogP contribution in [0.2, 0.25) is 0 Å². The molecule has 0 saturated carbocycles. The average molecular weight is 282 g/mol. The van der Waals surface area contributed by atoms with Crippen molar-refractivity contribution in [2.24, 2.45) is 0 Å². The molecule has 0 aromatic rings. The first-order valence-electron chi connectivity index (χ1n) is 6.58. The first-order chi connectivity index (χ1) is 9.10. The summed E-state index contributed by atoms with van der Waals surface area (Å²) >= 11 is 1.61. The number of nitrogens with zero attached hydrogens (tertiary/aromatic N) is 1. The zero-order chi connectivity index (χ0) is 14.3. The van der Waals surface area contributed by atoms with Gasteiger partial charge in [0.1, 0.15) is 6.04 Å². The van der Waals surface area contributed by atoms with Gasteiger partial charge in [0.25, 0.3) is 0 Å². The zero-order valence-electron chi connectivity index (χ0n) is 11.8. The topological polar surface area (TPSA) is 49.4 Å². The Labute approximate surface area is 119 Å². The normalized spacial score (nSPS) is 21.2. The lowest BCUT2D eigenvalue weighted by molar-refractivity contribution is -0.135. The highest BCUT2D eigenvalue weighted by Gasteiger charge is 2.33. The minimum Gasteiger partial charge on any atom is -0.352 e. The van der Waals surface area contributed by atoms with E-state index in [0.29, 0.717) is 11.6 Å². The van der Waals surface area contributed by atoms with Gasteiger partial charge in [0.2, 0.25) is 11.8 Å². The summed E-state index contributed by atoms with van der Waals surface area (Å²) in [7, 11) is 0. The summed E-state index contributed by atoms with van der Waals surface area (Å²) in [5, 5.41) is 2.94. The highest BCUT2D eigenvalue weighted by molar-refractivity contribution is 7.99. The van der Waals surface area contributed by atoms with Gasteiger partial charge in [-0.2, -0.15) is 0 Å². The van der Waals surface area contributed by atoms with E-state index in [1.807, 2.05) is 26.8 Å². The van der Waals surface area contributed by atoms with E-state index in [9.17, 15) is 9.59 Å². The Balaban J connectivity index is 2.63. The second-order valence-corrected chi connectivity index (χ2v) is 5.53. The minimum absolute atomic E-state index is 0.0490. The van der Waals surface area contributed by atoms with E-state index in [2.05, 4.69) is 5.32 Å². The summed E-state index contributed by atoms with van der Waals surface area (Å²) in [6, 6.07) is -0.199. The van der Waals surface area contributed by atoms with Gasteiger partial charge in [0, 0.05) is 17.9 Å². The summed E-state index contributed by atoms with van der Waals surface area (Å²) in [5.41, 5.74) is 0. The number of allylic oxidation sites excluding steroid dienone is 3. The maximum absolute atomic E-state index is 12.1. The molecule has 106 valence electrons. The van der Waals surface area contributed by atoms with Crippen molar-refractivity contribution < 1.29 is 9.59 Å². The van der Waals surface area contributed by atoms with E-state index < -0.39 is 0 Å². The average Bonchev–Trinajstić information content (AvgIpc) is 2.88. The van der Waals surface area contributed by atoms with E-state index in [1.54, 1.807) is 28.8 Å². The third-order valence-corrected chi connectivity index (χ3v) is 4.02. The number of hydrogen-bond acceptors (Lipinski definition) is 3. The molecule has 1 saturated heterocycles. The van der Waals surface area contributed by atoms with E-state index in [0.717, 1.165) is 6.42 Å². The lowest BCUT2D eigenvalue weighted by Crippen LogP contribution is -2.48. The fraction of sp³-hybridized carbons (Fsp3) is 0.571. The molecule has 1 aliphatic heterocycles. The Hall–Kier alpha value is -1.23. The van der Waals surface area contributed by atoms with Gasteiger partial charge in [-0.25, -0.2) is 0 Å². The molecular formula is C14H22N2O2S. The van der Waals surface area contributed by atoms with Gasteiger partial charge in [-0.1, -0.05) is 25.2 Å². The van der Waals surface area contributed by atoms with Crippen molar-refractivity contribution in [2.75, 3.05) is 11.6 Å². The Morgan fingerprint density at radius 1 is 1.47 bits per heavy atom. The molecule has 1 heterocycles. The highest BCUT2D eigenvalue weighted by atomic mass is 32.2. The zero-order valence-corrected chi connectivity index (χ0v) is 12.6. The molecule has 1 rings (SSSR count). The van der Waals surface area contributed by atoms with Crippen LogP contribution in [0.4, 0.5) is 0 Å². The van der Waals surface area contributed by atoms with Crippen LogP contribution in [0, 0.1) is 0 Å². The number of carbonyl (C=O) groups excluding carboxylic acids is 2. The molecule has 0 radical (unpaired) electrons. The van der Waals surface area contributed by atoms with Crippen molar-refractivity contribution in [1.29, 1.82) is 0 Å². The van der Waals surface area contributed by atoms with Crippen molar-refractivity contribution >= 4 is 23.6 Å². The Bertz CT molecular complexity index is 380. The summed E-state index contributed by atoms with van der Waals surface area (Å²) in [6.07, 6.45) is 7.76. The van der Waals surface area contributed by atoms with Crippen LogP contribution in [0.25, 0.3) is 0 Å². The number of thioether (sulfide) groups is 1. The second-order valence-electron chi connectivity index (χ2n) is 4.53. The van der Waals surface area contributed by atoms with Crippen LogP contribution in [-0.2, 0) is 9.59 Å². The maximum atomic E-state index is 12.1. The molecule has 4 nitrogen and oxygen atoms in total. The number of amides is 2. The van der Waals surface area contributed by atoms with Gasteiger partial charge in [-0.3, -0.25) is 9.59 Å². The Kier molecular flexibility index (Phi) is 6.70. The van der Waals surface area contributed by atoms with Crippen molar-refractivity contribution in [2.45, 2.75) is 39.3 Å². The van der Waals surface area contributed by atoms with Gasteiger partial charge in [0.15, 0.2) is 0 Å². The fourth-order valence-electron chi connectivity index (χ4n) is 1.66. The molecule has 0 aliphatic carbocycles. The molecular weight excluding hydrogens is 260 g/mol. The number of rotatable bonds is 5. The summed E-state index contributed by atoms with van der Waals surface area (Å²) < 4.78 is 0. The molecule has 0 bridgehead atoms. The molecule has 5 heteroatoms. The van der Waals surface area contributed by atoms with Gasteiger partial charge >= 0.3 is 0 Å². The summed E-state index contributed by atoms with van der Waals surface area (Å²) in [6.45, 7) is 5.89. The van der Waals surface area contributed by atoms with Crippen LogP contribution in [0.3, 0.4) is 0 Å². The van der Waals surface area contributed by atoms with Gasteiger partial charge in [-0.15, -0.1) is 11.8 Å². The molecule has 19 heavy (non-hydrogen) atoms. The molecule has 0 spiro atoms. The third-order valence-electron chi connectivity index (χ3n) is 3.01. The Morgan fingerprint density at radius 3 is 2.84 bits per heavy atom. The summed E-state index contributed by atoms with van der Waals surface area (Å²) in [5.74, 6) is 1.10. The molecule has 2 atom stereocenters. The highest BCUT2D eigenvalue weighted by Crippen LogP contribution is 2.21. The summed E-state index contributed by atoms with van der Waals surface area (Å²) in [4.78, 5) is 25.7. The second kappa shape index (κ2) is 8.04. The largest absolute Gasteiger partial charge is 0.352 e. The van der Waals surface area contributed by atoms with Crippen LogP contribution < -0.4 is 5.32 Å². The third kappa shape index (κ3) is 4.74.